The lowest BCUT2D eigenvalue weighted by molar-refractivity contribution is -0.113. The van der Waals surface area contributed by atoms with E-state index in [9.17, 15) is 4.79 Å². The third kappa shape index (κ3) is 3.94. The monoisotopic (exact) mass is 476 g/mol. The molecule has 2 aromatic heterocycles. The van der Waals surface area contributed by atoms with Crippen LogP contribution in [0.2, 0.25) is 5.02 Å². The molecule has 0 aliphatic rings. The summed E-state index contributed by atoms with van der Waals surface area (Å²) >= 11 is 10.8. The zero-order chi connectivity index (χ0) is 19.7. The van der Waals surface area contributed by atoms with Crippen LogP contribution in [-0.4, -0.2) is 26.4 Å². The van der Waals surface area contributed by atoms with Gasteiger partial charge < -0.3 is 14.3 Å². The summed E-state index contributed by atoms with van der Waals surface area (Å²) in [6.45, 7) is 0. The summed E-state index contributed by atoms with van der Waals surface area (Å²) in [5.41, 5.74) is 1.36. The fourth-order valence-electron chi connectivity index (χ4n) is 2.66. The molecule has 1 N–H and O–H groups in total. The Kier molecular flexibility index (Phi) is 5.43. The van der Waals surface area contributed by atoms with Crippen molar-refractivity contribution in [1.82, 2.24) is 14.8 Å². The van der Waals surface area contributed by atoms with Crippen molar-refractivity contribution in [2.45, 2.75) is 5.16 Å². The Morgan fingerprint density at radius 1 is 1.25 bits per heavy atom. The van der Waals surface area contributed by atoms with Gasteiger partial charge in [-0.2, -0.15) is 0 Å². The van der Waals surface area contributed by atoms with E-state index in [-0.39, 0.29) is 11.7 Å². The minimum Gasteiger partial charge on any atom is -0.453 e. The van der Waals surface area contributed by atoms with Crippen LogP contribution in [0.25, 0.3) is 22.6 Å². The number of anilines is 1. The summed E-state index contributed by atoms with van der Waals surface area (Å²) in [6.07, 6.45) is 0. The molecule has 0 spiro atoms. The van der Waals surface area contributed by atoms with E-state index in [1.54, 1.807) is 16.7 Å². The van der Waals surface area contributed by atoms with Crippen molar-refractivity contribution >= 4 is 61.9 Å². The summed E-state index contributed by atoms with van der Waals surface area (Å²) in [5, 5.41) is 13.3. The molecule has 2 aromatic carbocycles. The number of aromatic nitrogens is 3. The van der Waals surface area contributed by atoms with Gasteiger partial charge in [-0.05, 0) is 36.4 Å². The Bertz CT molecular complexity index is 1170. The van der Waals surface area contributed by atoms with Gasteiger partial charge in [0.1, 0.15) is 5.58 Å². The highest BCUT2D eigenvalue weighted by atomic mass is 79.9. The molecule has 9 heteroatoms. The average molecular weight is 478 g/mol. The van der Waals surface area contributed by atoms with Crippen molar-refractivity contribution in [3.63, 3.8) is 0 Å². The van der Waals surface area contributed by atoms with Crippen LogP contribution in [0.1, 0.15) is 0 Å². The molecular weight excluding hydrogens is 464 g/mol. The third-order valence-electron chi connectivity index (χ3n) is 4.01. The van der Waals surface area contributed by atoms with E-state index in [4.69, 9.17) is 16.0 Å². The molecule has 1 amide bonds. The second-order valence-corrected chi connectivity index (χ2v) is 8.24. The lowest BCUT2D eigenvalue weighted by Crippen LogP contribution is -2.14. The first kappa shape index (κ1) is 19.0. The molecule has 142 valence electrons. The van der Waals surface area contributed by atoms with Crippen molar-refractivity contribution in [2.24, 2.45) is 7.05 Å². The van der Waals surface area contributed by atoms with E-state index >= 15 is 0 Å². The number of fused-ring (bicyclic) bond motifs is 1. The van der Waals surface area contributed by atoms with Crippen LogP contribution in [-0.2, 0) is 11.8 Å². The average Bonchev–Trinajstić information content (AvgIpc) is 3.24. The van der Waals surface area contributed by atoms with Crippen LogP contribution >= 0.6 is 39.3 Å². The lowest BCUT2D eigenvalue weighted by Gasteiger charge is -2.06. The number of hydrogen-bond donors (Lipinski definition) is 1. The molecule has 0 aliphatic heterocycles. The van der Waals surface area contributed by atoms with E-state index < -0.39 is 0 Å². The Morgan fingerprint density at radius 3 is 2.89 bits per heavy atom. The Balaban J connectivity index is 1.47. The van der Waals surface area contributed by atoms with Gasteiger partial charge in [0.2, 0.25) is 5.91 Å². The number of thioether (sulfide) groups is 1. The molecule has 6 nitrogen and oxygen atoms in total. The first-order chi connectivity index (χ1) is 13.5. The van der Waals surface area contributed by atoms with Crippen molar-refractivity contribution in [3.8, 4) is 11.6 Å². The predicted octanol–water partition coefficient (Wildman–Crippen LogP) is 5.38. The van der Waals surface area contributed by atoms with Gasteiger partial charge in [-0.1, -0.05) is 51.4 Å². The molecule has 28 heavy (non-hydrogen) atoms. The third-order valence-corrected chi connectivity index (χ3v) is 5.86. The van der Waals surface area contributed by atoms with E-state index in [0.717, 1.165) is 15.4 Å². The van der Waals surface area contributed by atoms with Crippen molar-refractivity contribution < 1.29 is 9.21 Å². The number of benzene rings is 2. The van der Waals surface area contributed by atoms with Crippen LogP contribution in [0.15, 0.2) is 62.6 Å². The van der Waals surface area contributed by atoms with Gasteiger partial charge in [-0.3, -0.25) is 4.79 Å². The summed E-state index contributed by atoms with van der Waals surface area (Å²) in [6, 6.07) is 14.8. The first-order valence-corrected chi connectivity index (χ1v) is 10.4. The summed E-state index contributed by atoms with van der Waals surface area (Å²) in [4.78, 5) is 12.2. The van der Waals surface area contributed by atoms with E-state index in [0.29, 0.717) is 27.5 Å². The molecule has 0 atom stereocenters. The number of carbonyl (C=O) groups excluding carboxylic acids is 1. The number of nitrogens with one attached hydrogen (secondary N) is 1. The molecule has 0 aliphatic carbocycles. The molecule has 0 fully saturated rings. The lowest BCUT2D eigenvalue weighted by atomic mass is 10.2. The number of furan rings is 1. The van der Waals surface area contributed by atoms with Crippen molar-refractivity contribution in [1.29, 1.82) is 0 Å². The van der Waals surface area contributed by atoms with Crippen LogP contribution in [0.4, 0.5) is 5.69 Å². The Morgan fingerprint density at radius 2 is 2.07 bits per heavy atom. The fourth-order valence-corrected chi connectivity index (χ4v) is 3.93. The zero-order valence-corrected chi connectivity index (χ0v) is 17.8. The van der Waals surface area contributed by atoms with Gasteiger partial charge in [-0.15, -0.1) is 10.2 Å². The highest BCUT2D eigenvalue weighted by molar-refractivity contribution is 9.10. The van der Waals surface area contributed by atoms with E-state index in [1.165, 1.54) is 11.8 Å². The van der Waals surface area contributed by atoms with Gasteiger partial charge in [0.25, 0.3) is 0 Å². The predicted molar refractivity (Wildman–Crippen MR) is 115 cm³/mol. The van der Waals surface area contributed by atoms with Gasteiger partial charge >= 0.3 is 0 Å². The quantitative estimate of drug-likeness (QED) is 0.391. The maximum atomic E-state index is 12.2. The summed E-state index contributed by atoms with van der Waals surface area (Å²) in [7, 11) is 1.84. The van der Waals surface area contributed by atoms with Gasteiger partial charge in [0.15, 0.2) is 16.7 Å². The topological polar surface area (TPSA) is 73.0 Å². The number of hydrogen-bond acceptors (Lipinski definition) is 5. The molecule has 0 radical (unpaired) electrons. The number of halogens is 2. The van der Waals surface area contributed by atoms with Crippen LogP contribution in [0.3, 0.4) is 0 Å². The SMILES string of the molecule is Cn1c(SCC(=O)Nc2ccccc2Cl)nnc1-c1cc2cc(Br)ccc2o1. The highest BCUT2D eigenvalue weighted by Crippen LogP contribution is 2.30. The molecule has 0 saturated carbocycles. The van der Waals surface area contributed by atoms with Crippen LogP contribution in [0.5, 0.6) is 0 Å². The van der Waals surface area contributed by atoms with Gasteiger partial charge in [0, 0.05) is 16.9 Å². The van der Waals surface area contributed by atoms with Crippen molar-refractivity contribution in [3.05, 3.63) is 58.0 Å². The van der Waals surface area contributed by atoms with Crippen LogP contribution in [0, 0.1) is 0 Å². The minimum atomic E-state index is -0.170. The second-order valence-electron chi connectivity index (χ2n) is 5.97. The molecular formula is C19H14BrClN4O2S. The summed E-state index contributed by atoms with van der Waals surface area (Å²) in [5.74, 6) is 1.23. The molecule has 4 aromatic rings. The number of nitrogens with zero attached hydrogens (tertiary/aromatic N) is 3. The number of rotatable bonds is 5. The minimum absolute atomic E-state index is 0.170. The number of amides is 1. The largest absolute Gasteiger partial charge is 0.453 e. The van der Waals surface area contributed by atoms with Gasteiger partial charge in [0.05, 0.1) is 16.5 Å². The van der Waals surface area contributed by atoms with Gasteiger partial charge in [-0.25, -0.2) is 0 Å². The first-order valence-electron chi connectivity index (χ1n) is 8.27. The smallest absolute Gasteiger partial charge is 0.234 e. The molecule has 0 bridgehead atoms. The number of para-hydroxylation sites is 1. The maximum Gasteiger partial charge on any atom is 0.234 e. The number of carbonyl (C=O) groups is 1. The Labute approximate surface area is 178 Å². The standard InChI is InChI=1S/C19H14BrClN4O2S/c1-25-18(16-9-11-8-12(20)6-7-15(11)27-16)23-24-19(25)28-10-17(26)22-14-5-3-2-4-13(14)21/h2-9H,10H2,1H3,(H,22,26). The zero-order valence-electron chi connectivity index (χ0n) is 14.6. The molecule has 0 unspecified atom stereocenters. The second kappa shape index (κ2) is 7.98. The molecule has 0 saturated heterocycles. The fraction of sp³-hybridized carbons (Fsp3) is 0.105. The molecule has 4 rings (SSSR count). The highest BCUT2D eigenvalue weighted by Gasteiger charge is 2.17. The summed E-state index contributed by atoms with van der Waals surface area (Å²) < 4.78 is 8.66. The molecule has 2 heterocycles. The Hall–Kier alpha value is -2.29. The maximum absolute atomic E-state index is 12.2. The van der Waals surface area contributed by atoms with E-state index in [1.807, 2.05) is 43.4 Å². The van der Waals surface area contributed by atoms with E-state index in [2.05, 4.69) is 31.4 Å². The van der Waals surface area contributed by atoms with Crippen molar-refractivity contribution in [2.75, 3.05) is 11.1 Å². The normalized spacial score (nSPS) is 11.1. The van der Waals surface area contributed by atoms with Crippen LogP contribution < -0.4 is 5.32 Å².